The lowest BCUT2D eigenvalue weighted by Crippen LogP contribution is -2.32. The summed E-state index contributed by atoms with van der Waals surface area (Å²) >= 11 is 0. The molecule has 1 amide bonds. The highest BCUT2D eigenvalue weighted by molar-refractivity contribution is 5.93. The summed E-state index contributed by atoms with van der Waals surface area (Å²) in [6.45, 7) is 0.385. The fourth-order valence-electron chi connectivity index (χ4n) is 2.56. The van der Waals surface area contributed by atoms with Crippen molar-refractivity contribution in [2.24, 2.45) is 0 Å². The molecule has 3 heterocycles. The molecule has 0 saturated heterocycles. The van der Waals surface area contributed by atoms with Crippen LogP contribution in [0.2, 0.25) is 0 Å². The number of hydrogen-bond acceptors (Lipinski definition) is 7. The molecular formula is C18H14N6O3. The number of aromatic nitrogens is 5. The van der Waals surface area contributed by atoms with E-state index >= 15 is 0 Å². The van der Waals surface area contributed by atoms with Gasteiger partial charge >= 0.3 is 0 Å². The molecule has 0 radical (unpaired) electrons. The van der Waals surface area contributed by atoms with Crippen LogP contribution in [0.25, 0.3) is 22.2 Å². The Morgan fingerprint density at radius 1 is 1.19 bits per heavy atom. The third-order valence-corrected chi connectivity index (χ3v) is 3.93. The lowest BCUT2D eigenvalue weighted by Gasteiger charge is -2.05. The molecule has 9 heteroatoms. The van der Waals surface area contributed by atoms with Crippen molar-refractivity contribution in [3.8, 4) is 11.3 Å². The second kappa shape index (κ2) is 7.16. The van der Waals surface area contributed by atoms with Gasteiger partial charge in [-0.1, -0.05) is 22.5 Å². The first-order valence-electron chi connectivity index (χ1n) is 8.20. The van der Waals surface area contributed by atoms with Crippen LogP contribution in [-0.4, -0.2) is 37.6 Å². The summed E-state index contributed by atoms with van der Waals surface area (Å²) in [5, 5.41) is 14.8. The van der Waals surface area contributed by atoms with Crippen molar-refractivity contribution >= 4 is 16.8 Å². The molecule has 27 heavy (non-hydrogen) atoms. The molecule has 4 aromatic rings. The van der Waals surface area contributed by atoms with Gasteiger partial charge in [-0.25, -0.2) is 4.68 Å². The van der Waals surface area contributed by atoms with Crippen LogP contribution < -0.4 is 10.9 Å². The van der Waals surface area contributed by atoms with Crippen LogP contribution >= 0.6 is 0 Å². The summed E-state index contributed by atoms with van der Waals surface area (Å²) in [6.07, 6.45) is 3.26. The number of benzene rings is 1. The Morgan fingerprint density at radius 3 is 2.93 bits per heavy atom. The normalized spacial score (nSPS) is 10.8. The largest absolute Gasteiger partial charge is 0.355 e. The third-order valence-electron chi connectivity index (χ3n) is 3.93. The number of amides is 1. The Hall–Kier alpha value is -3.88. The van der Waals surface area contributed by atoms with Gasteiger partial charge in [0.25, 0.3) is 11.5 Å². The van der Waals surface area contributed by atoms with Gasteiger partial charge in [0.15, 0.2) is 11.5 Å². The van der Waals surface area contributed by atoms with Gasteiger partial charge < -0.3 is 9.84 Å². The molecule has 3 aromatic heterocycles. The molecule has 0 bridgehead atoms. The van der Waals surface area contributed by atoms with E-state index in [1.807, 2.05) is 0 Å². The molecule has 0 aliphatic heterocycles. The zero-order chi connectivity index (χ0) is 18.6. The van der Waals surface area contributed by atoms with Crippen molar-refractivity contribution < 1.29 is 9.32 Å². The second-order valence-corrected chi connectivity index (χ2v) is 5.71. The van der Waals surface area contributed by atoms with Crippen LogP contribution in [0.1, 0.15) is 10.5 Å². The van der Waals surface area contributed by atoms with Gasteiger partial charge in [-0.3, -0.25) is 14.6 Å². The zero-order valence-electron chi connectivity index (χ0n) is 14.1. The van der Waals surface area contributed by atoms with Gasteiger partial charge in [-0.05, 0) is 24.3 Å². The standard InChI is InChI=1S/C18H14N6O3/c25-17(15-10-16(27-22-15)12-4-3-7-19-11-12)20-8-9-24-18(26)13-5-1-2-6-14(13)21-23-24/h1-7,10-11H,8-9H2,(H,20,25). The molecule has 0 atom stereocenters. The van der Waals surface area contributed by atoms with E-state index in [0.717, 1.165) is 5.56 Å². The summed E-state index contributed by atoms with van der Waals surface area (Å²) < 4.78 is 6.39. The van der Waals surface area contributed by atoms with Gasteiger partial charge in [0.2, 0.25) is 0 Å². The molecule has 9 nitrogen and oxygen atoms in total. The Labute approximate surface area is 152 Å². The van der Waals surface area contributed by atoms with Crippen molar-refractivity contribution in [2.45, 2.75) is 6.54 Å². The zero-order valence-corrected chi connectivity index (χ0v) is 14.1. The maximum Gasteiger partial charge on any atom is 0.277 e. The van der Waals surface area contributed by atoms with E-state index in [0.29, 0.717) is 16.7 Å². The summed E-state index contributed by atoms with van der Waals surface area (Å²) in [4.78, 5) is 28.5. The minimum absolute atomic E-state index is 0.144. The van der Waals surface area contributed by atoms with E-state index in [9.17, 15) is 9.59 Å². The molecule has 4 rings (SSSR count). The third kappa shape index (κ3) is 3.43. The van der Waals surface area contributed by atoms with Gasteiger partial charge in [-0.15, -0.1) is 5.10 Å². The molecule has 1 aromatic carbocycles. The van der Waals surface area contributed by atoms with E-state index in [1.54, 1.807) is 48.8 Å². The van der Waals surface area contributed by atoms with E-state index < -0.39 is 5.91 Å². The quantitative estimate of drug-likeness (QED) is 0.568. The number of pyridine rings is 1. The lowest BCUT2D eigenvalue weighted by atomic mass is 10.2. The van der Waals surface area contributed by atoms with Crippen LogP contribution in [0, 0.1) is 0 Å². The molecule has 0 aliphatic carbocycles. The van der Waals surface area contributed by atoms with Gasteiger partial charge in [0.05, 0.1) is 11.9 Å². The first kappa shape index (κ1) is 16.6. The lowest BCUT2D eigenvalue weighted by molar-refractivity contribution is 0.0942. The van der Waals surface area contributed by atoms with Crippen molar-refractivity contribution in [3.63, 3.8) is 0 Å². The van der Waals surface area contributed by atoms with Crippen molar-refractivity contribution in [1.29, 1.82) is 0 Å². The van der Waals surface area contributed by atoms with Gasteiger partial charge in [0, 0.05) is 30.6 Å². The number of carbonyl (C=O) groups is 1. The fraction of sp³-hybridized carbons (Fsp3) is 0.111. The van der Waals surface area contributed by atoms with Crippen molar-refractivity contribution in [1.82, 2.24) is 30.5 Å². The van der Waals surface area contributed by atoms with Crippen LogP contribution in [0.4, 0.5) is 0 Å². The van der Waals surface area contributed by atoms with Crippen LogP contribution in [0.3, 0.4) is 0 Å². The monoisotopic (exact) mass is 362 g/mol. The smallest absolute Gasteiger partial charge is 0.277 e. The molecular weight excluding hydrogens is 348 g/mol. The first-order valence-corrected chi connectivity index (χ1v) is 8.20. The molecule has 0 saturated carbocycles. The van der Waals surface area contributed by atoms with E-state index in [-0.39, 0.29) is 24.3 Å². The summed E-state index contributed by atoms with van der Waals surface area (Å²) in [7, 11) is 0. The predicted octanol–water partition coefficient (Wildman–Crippen LogP) is 1.27. The molecule has 134 valence electrons. The number of nitrogens with zero attached hydrogens (tertiary/aromatic N) is 5. The minimum atomic E-state index is -0.407. The predicted molar refractivity (Wildman–Crippen MR) is 95.9 cm³/mol. The number of rotatable bonds is 5. The summed E-state index contributed by atoms with van der Waals surface area (Å²) in [5.41, 5.74) is 1.15. The number of fused-ring (bicyclic) bond motifs is 1. The maximum atomic E-state index is 12.3. The van der Waals surface area contributed by atoms with Crippen LogP contribution in [0.5, 0.6) is 0 Å². The topological polar surface area (TPSA) is 116 Å². The van der Waals surface area contributed by atoms with E-state index in [1.165, 1.54) is 10.7 Å². The Morgan fingerprint density at radius 2 is 2.07 bits per heavy atom. The SMILES string of the molecule is O=C(NCCn1nnc2ccccc2c1=O)c1cc(-c2cccnc2)on1. The van der Waals surface area contributed by atoms with Gasteiger partial charge in [0.1, 0.15) is 5.52 Å². The maximum absolute atomic E-state index is 12.3. The number of hydrogen-bond donors (Lipinski definition) is 1. The average Bonchev–Trinajstić information content (AvgIpc) is 3.21. The summed E-state index contributed by atoms with van der Waals surface area (Å²) in [6, 6.07) is 12.1. The highest BCUT2D eigenvalue weighted by Gasteiger charge is 2.13. The summed E-state index contributed by atoms with van der Waals surface area (Å²) in [5.74, 6) is 0.0422. The van der Waals surface area contributed by atoms with Gasteiger partial charge in [-0.2, -0.15) is 0 Å². The minimum Gasteiger partial charge on any atom is -0.355 e. The highest BCUT2D eigenvalue weighted by atomic mass is 16.5. The first-order chi connectivity index (χ1) is 13.2. The Balaban J connectivity index is 1.41. The van der Waals surface area contributed by atoms with Crippen LogP contribution in [0.15, 0.2) is 64.2 Å². The van der Waals surface area contributed by atoms with Crippen molar-refractivity contribution in [3.05, 3.63) is 70.9 Å². The van der Waals surface area contributed by atoms with Crippen LogP contribution in [-0.2, 0) is 6.54 Å². The fourth-order valence-corrected chi connectivity index (χ4v) is 2.56. The molecule has 1 N–H and O–H groups in total. The average molecular weight is 362 g/mol. The Kier molecular flexibility index (Phi) is 4.40. The molecule has 0 fully saturated rings. The van der Waals surface area contributed by atoms with E-state index in [4.69, 9.17) is 4.52 Å². The molecule has 0 aliphatic rings. The number of carbonyl (C=O) groups excluding carboxylic acids is 1. The second-order valence-electron chi connectivity index (χ2n) is 5.71. The number of nitrogens with one attached hydrogen (secondary N) is 1. The molecule has 0 unspecified atom stereocenters. The molecule has 0 spiro atoms. The van der Waals surface area contributed by atoms with Crippen molar-refractivity contribution in [2.75, 3.05) is 6.54 Å². The van der Waals surface area contributed by atoms with E-state index in [2.05, 4.69) is 25.8 Å². The Bertz CT molecular complexity index is 1150. The highest BCUT2D eigenvalue weighted by Crippen LogP contribution is 2.18.